The SMILES string of the molecule is O/C(=C\C(Cl)Cl)c1ccccc1. The summed E-state index contributed by atoms with van der Waals surface area (Å²) < 4.78 is 0. The third kappa shape index (κ3) is 2.76. The van der Waals surface area contributed by atoms with Gasteiger partial charge in [0, 0.05) is 5.56 Å². The Morgan fingerprint density at radius 3 is 2.33 bits per heavy atom. The number of aliphatic hydroxyl groups is 1. The van der Waals surface area contributed by atoms with Crippen LogP contribution in [0, 0.1) is 0 Å². The fourth-order valence-corrected chi connectivity index (χ4v) is 1.06. The van der Waals surface area contributed by atoms with E-state index in [2.05, 4.69) is 0 Å². The standard InChI is InChI=1S/C9H8Cl2O/c10-9(11)6-8(12)7-4-2-1-3-5-7/h1-6,9,12H/b8-6-. The smallest absolute Gasteiger partial charge is 0.129 e. The van der Waals surface area contributed by atoms with Crippen molar-refractivity contribution in [1.29, 1.82) is 0 Å². The Labute approximate surface area is 81.2 Å². The van der Waals surface area contributed by atoms with E-state index in [0.717, 1.165) is 0 Å². The van der Waals surface area contributed by atoms with Gasteiger partial charge in [-0.05, 0) is 6.08 Å². The number of allylic oxidation sites excluding steroid dienone is 1. The molecule has 0 fully saturated rings. The molecule has 1 nitrogen and oxygen atoms in total. The van der Waals surface area contributed by atoms with E-state index in [9.17, 15) is 5.11 Å². The number of hydrogen-bond donors (Lipinski definition) is 1. The van der Waals surface area contributed by atoms with E-state index in [1.807, 2.05) is 18.2 Å². The molecule has 0 bridgehead atoms. The van der Waals surface area contributed by atoms with E-state index in [4.69, 9.17) is 23.2 Å². The molecule has 12 heavy (non-hydrogen) atoms. The van der Waals surface area contributed by atoms with Crippen molar-refractivity contribution in [2.24, 2.45) is 0 Å². The summed E-state index contributed by atoms with van der Waals surface area (Å²) in [5.74, 6) is 0.102. The first-order valence-electron chi connectivity index (χ1n) is 3.44. The Balaban J connectivity index is 2.85. The lowest BCUT2D eigenvalue weighted by atomic mass is 10.2. The zero-order valence-corrected chi connectivity index (χ0v) is 7.76. The average Bonchev–Trinajstić information content (AvgIpc) is 2.05. The topological polar surface area (TPSA) is 20.2 Å². The number of rotatable bonds is 2. The van der Waals surface area contributed by atoms with E-state index < -0.39 is 4.84 Å². The van der Waals surface area contributed by atoms with Crippen LogP contribution in [0.15, 0.2) is 36.4 Å². The molecule has 1 aromatic carbocycles. The third-order valence-electron chi connectivity index (χ3n) is 1.35. The van der Waals surface area contributed by atoms with Crippen LogP contribution >= 0.6 is 23.2 Å². The largest absolute Gasteiger partial charge is 0.508 e. The minimum atomic E-state index is -0.676. The lowest BCUT2D eigenvalue weighted by Gasteiger charge is -1.99. The number of hydrogen-bond acceptors (Lipinski definition) is 1. The number of benzene rings is 1. The highest BCUT2D eigenvalue weighted by molar-refractivity contribution is 6.45. The maximum Gasteiger partial charge on any atom is 0.129 e. The average molecular weight is 203 g/mol. The fraction of sp³-hybridized carbons (Fsp3) is 0.111. The van der Waals surface area contributed by atoms with Gasteiger partial charge in [0.2, 0.25) is 0 Å². The van der Waals surface area contributed by atoms with Crippen molar-refractivity contribution in [3.05, 3.63) is 42.0 Å². The molecule has 0 aromatic heterocycles. The van der Waals surface area contributed by atoms with Crippen LogP contribution in [-0.4, -0.2) is 9.94 Å². The molecule has 0 radical (unpaired) electrons. The first-order chi connectivity index (χ1) is 5.70. The first-order valence-corrected chi connectivity index (χ1v) is 4.32. The molecule has 0 saturated carbocycles. The summed E-state index contributed by atoms with van der Waals surface area (Å²) in [6.07, 6.45) is 1.37. The van der Waals surface area contributed by atoms with E-state index in [1.165, 1.54) is 6.08 Å². The summed E-state index contributed by atoms with van der Waals surface area (Å²) in [6.45, 7) is 0. The van der Waals surface area contributed by atoms with Gasteiger partial charge in [0.05, 0.1) is 0 Å². The van der Waals surface area contributed by atoms with Crippen molar-refractivity contribution in [2.45, 2.75) is 4.84 Å². The minimum Gasteiger partial charge on any atom is -0.508 e. The van der Waals surface area contributed by atoms with Gasteiger partial charge >= 0.3 is 0 Å². The highest BCUT2D eigenvalue weighted by Gasteiger charge is 1.99. The molecule has 3 heteroatoms. The van der Waals surface area contributed by atoms with Crippen molar-refractivity contribution in [3.8, 4) is 0 Å². The quantitative estimate of drug-likeness (QED) is 0.576. The molecule has 0 unspecified atom stereocenters. The zero-order chi connectivity index (χ0) is 8.97. The van der Waals surface area contributed by atoms with Crippen LogP contribution in [0.25, 0.3) is 5.76 Å². The predicted octanol–water partition coefficient (Wildman–Crippen LogP) is 3.39. The zero-order valence-electron chi connectivity index (χ0n) is 6.24. The summed E-state index contributed by atoms with van der Waals surface area (Å²) in [6, 6.07) is 9.09. The van der Waals surface area contributed by atoms with Gasteiger partial charge in [-0.2, -0.15) is 0 Å². The van der Waals surface area contributed by atoms with Gasteiger partial charge in [0.15, 0.2) is 0 Å². The van der Waals surface area contributed by atoms with Crippen LogP contribution < -0.4 is 0 Å². The predicted molar refractivity (Wildman–Crippen MR) is 52.5 cm³/mol. The van der Waals surface area contributed by atoms with E-state index in [-0.39, 0.29) is 5.76 Å². The maximum absolute atomic E-state index is 9.38. The molecule has 0 heterocycles. The van der Waals surface area contributed by atoms with Crippen LogP contribution in [0.4, 0.5) is 0 Å². The number of aliphatic hydroxyl groups excluding tert-OH is 1. The highest BCUT2D eigenvalue weighted by atomic mass is 35.5. The third-order valence-corrected chi connectivity index (χ3v) is 1.61. The molecular formula is C9H8Cl2O. The van der Waals surface area contributed by atoms with Gasteiger partial charge < -0.3 is 5.11 Å². The van der Waals surface area contributed by atoms with Crippen molar-refractivity contribution in [1.82, 2.24) is 0 Å². The second-order valence-corrected chi connectivity index (χ2v) is 3.42. The van der Waals surface area contributed by atoms with Crippen molar-refractivity contribution in [2.75, 3.05) is 0 Å². The Kier molecular flexibility index (Phi) is 3.45. The Morgan fingerprint density at radius 2 is 1.83 bits per heavy atom. The van der Waals surface area contributed by atoms with Crippen LogP contribution in [0.5, 0.6) is 0 Å². The van der Waals surface area contributed by atoms with Crippen LogP contribution in [0.1, 0.15) is 5.56 Å². The maximum atomic E-state index is 9.38. The summed E-state index contributed by atoms with van der Waals surface area (Å²) in [5.41, 5.74) is 0.712. The van der Waals surface area contributed by atoms with Crippen molar-refractivity contribution < 1.29 is 5.11 Å². The van der Waals surface area contributed by atoms with Gasteiger partial charge in [-0.15, -0.1) is 23.2 Å². The minimum absolute atomic E-state index is 0.102. The molecule has 64 valence electrons. The van der Waals surface area contributed by atoms with Crippen molar-refractivity contribution in [3.63, 3.8) is 0 Å². The second kappa shape index (κ2) is 4.39. The lowest BCUT2D eigenvalue weighted by Crippen LogP contribution is -1.85. The summed E-state index contributed by atoms with van der Waals surface area (Å²) >= 11 is 10.9. The highest BCUT2D eigenvalue weighted by Crippen LogP contribution is 2.14. The van der Waals surface area contributed by atoms with Gasteiger partial charge in [0.25, 0.3) is 0 Å². The molecule has 0 atom stereocenters. The molecule has 0 spiro atoms. The molecule has 1 rings (SSSR count). The molecule has 1 N–H and O–H groups in total. The van der Waals surface area contributed by atoms with Gasteiger partial charge in [-0.25, -0.2) is 0 Å². The summed E-state index contributed by atoms with van der Waals surface area (Å²) in [5, 5.41) is 9.38. The summed E-state index contributed by atoms with van der Waals surface area (Å²) in [4.78, 5) is -0.676. The van der Waals surface area contributed by atoms with Crippen LogP contribution in [0.2, 0.25) is 0 Å². The Hall–Kier alpha value is -0.660. The molecule has 0 aliphatic heterocycles. The van der Waals surface area contributed by atoms with E-state index in [1.54, 1.807) is 12.1 Å². The molecule has 0 saturated heterocycles. The first kappa shape index (κ1) is 9.43. The van der Waals surface area contributed by atoms with Crippen molar-refractivity contribution >= 4 is 29.0 Å². The van der Waals surface area contributed by atoms with Gasteiger partial charge in [0.1, 0.15) is 10.6 Å². The number of halogens is 2. The molecule has 1 aromatic rings. The number of alkyl halides is 2. The molecule has 0 aliphatic carbocycles. The Bertz CT molecular complexity index is 267. The van der Waals surface area contributed by atoms with Crippen LogP contribution in [-0.2, 0) is 0 Å². The molecular weight excluding hydrogens is 195 g/mol. The van der Waals surface area contributed by atoms with Crippen LogP contribution in [0.3, 0.4) is 0 Å². The van der Waals surface area contributed by atoms with E-state index in [0.29, 0.717) is 5.56 Å². The second-order valence-electron chi connectivity index (χ2n) is 2.25. The summed E-state index contributed by atoms with van der Waals surface area (Å²) in [7, 11) is 0. The van der Waals surface area contributed by atoms with Gasteiger partial charge in [-0.1, -0.05) is 30.3 Å². The monoisotopic (exact) mass is 202 g/mol. The molecule has 0 aliphatic rings. The molecule has 0 amide bonds. The Morgan fingerprint density at radius 1 is 1.25 bits per heavy atom. The lowest BCUT2D eigenvalue weighted by molar-refractivity contribution is 0.510. The van der Waals surface area contributed by atoms with Gasteiger partial charge in [-0.3, -0.25) is 0 Å². The normalized spacial score (nSPS) is 12.1. The van der Waals surface area contributed by atoms with E-state index >= 15 is 0 Å². The fourth-order valence-electron chi connectivity index (χ4n) is 0.824.